The van der Waals surface area contributed by atoms with Gasteiger partial charge < -0.3 is 9.84 Å². The van der Waals surface area contributed by atoms with Crippen LogP contribution in [0.25, 0.3) is 0 Å². The van der Waals surface area contributed by atoms with Crippen LogP contribution in [-0.2, 0) is 0 Å². The zero-order valence-corrected chi connectivity index (χ0v) is 8.46. The Bertz CT molecular complexity index is 297. The zero-order chi connectivity index (χ0) is 10.6. The van der Waals surface area contributed by atoms with E-state index in [-0.39, 0.29) is 5.75 Å². The Hall–Kier alpha value is -1.09. The number of hydrogen-bond acceptors (Lipinski definition) is 2. The van der Waals surface area contributed by atoms with Crippen LogP contribution >= 0.6 is 0 Å². The van der Waals surface area contributed by atoms with E-state index < -0.39 is 11.9 Å². The maximum absolute atomic E-state index is 13.3. The lowest BCUT2D eigenvalue weighted by Gasteiger charge is -2.08. The van der Waals surface area contributed by atoms with E-state index in [1.54, 1.807) is 19.1 Å². The van der Waals surface area contributed by atoms with E-state index in [9.17, 15) is 9.50 Å². The number of aliphatic hydroxyl groups excluding tert-OH is 1. The van der Waals surface area contributed by atoms with Crippen molar-refractivity contribution in [2.75, 3.05) is 6.61 Å². The molecule has 1 N–H and O–H groups in total. The molecule has 0 heterocycles. The number of aliphatic hydroxyl groups is 1. The van der Waals surface area contributed by atoms with Crippen LogP contribution in [0.2, 0.25) is 0 Å². The van der Waals surface area contributed by atoms with Gasteiger partial charge >= 0.3 is 0 Å². The van der Waals surface area contributed by atoms with Crippen molar-refractivity contribution >= 4 is 0 Å². The molecule has 1 aromatic rings. The van der Waals surface area contributed by atoms with Gasteiger partial charge in [-0.05, 0) is 31.0 Å². The predicted molar refractivity (Wildman–Crippen MR) is 52.8 cm³/mol. The quantitative estimate of drug-likeness (QED) is 0.806. The third-order valence-electron chi connectivity index (χ3n) is 1.90. The molecular weight excluding hydrogens is 183 g/mol. The summed E-state index contributed by atoms with van der Waals surface area (Å²) in [5.41, 5.74) is 0.561. The average Bonchev–Trinajstić information content (AvgIpc) is 2.15. The lowest BCUT2D eigenvalue weighted by molar-refractivity contribution is 0.198. The fourth-order valence-corrected chi connectivity index (χ4v) is 1.11. The van der Waals surface area contributed by atoms with E-state index >= 15 is 0 Å². The lowest BCUT2D eigenvalue weighted by Crippen LogP contribution is -1.99. The van der Waals surface area contributed by atoms with E-state index in [0.717, 1.165) is 6.42 Å². The van der Waals surface area contributed by atoms with Crippen LogP contribution in [0.1, 0.15) is 31.9 Å². The van der Waals surface area contributed by atoms with Gasteiger partial charge in [-0.3, -0.25) is 0 Å². The van der Waals surface area contributed by atoms with Gasteiger partial charge in [-0.15, -0.1) is 0 Å². The maximum Gasteiger partial charge on any atom is 0.165 e. The Morgan fingerprint density at radius 1 is 1.50 bits per heavy atom. The van der Waals surface area contributed by atoms with E-state index in [1.165, 1.54) is 6.07 Å². The van der Waals surface area contributed by atoms with E-state index in [0.29, 0.717) is 12.2 Å². The molecular formula is C11H15FO2. The first kappa shape index (κ1) is 11.0. The van der Waals surface area contributed by atoms with Gasteiger partial charge in [0, 0.05) is 0 Å². The molecule has 78 valence electrons. The second kappa shape index (κ2) is 4.96. The molecule has 0 bridgehead atoms. The third kappa shape index (κ3) is 2.70. The van der Waals surface area contributed by atoms with Crippen molar-refractivity contribution in [2.24, 2.45) is 0 Å². The van der Waals surface area contributed by atoms with Gasteiger partial charge in [-0.2, -0.15) is 0 Å². The van der Waals surface area contributed by atoms with Gasteiger partial charge in [0.15, 0.2) is 11.6 Å². The van der Waals surface area contributed by atoms with Crippen molar-refractivity contribution in [1.29, 1.82) is 0 Å². The molecule has 0 fully saturated rings. The van der Waals surface area contributed by atoms with E-state index in [2.05, 4.69) is 0 Å². The molecule has 0 aliphatic carbocycles. The summed E-state index contributed by atoms with van der Waals surface area (Å²) in [5.74, 6) is -0.173. The second-order valence-electron chi connectivity index (χ2n) is 3.21. The highest BCUT2D eigenvalue weighted by Gasteiger charge is 2.07. The topological polar surface area (TPSA) is 29.5 Å². The van der Waals surface area contributed by atoms with Gasteiger partial charge in [0.25, 0.3) is 0 Å². The zero-order valence-electron chi connectivity index (χ0n) is 8.46. The molecule has 14 heavy (non-hydrogen) atoms. The Morgan fingerprint density at radius 2 is 2.21 bits per heavy atom. The molecule has 2 nitrogen and oxygen atoms in total. The van der Waals surface area contributed by atoms with Gasteiger partial charge in [0.05, 0.1) is 12.7 Å². The van der Waals surface area contributed by atoms with Crippen LogP contribution in [0.3, 0.4) is 0 Å². The number of benzene rings is 1. The lowest BCUT2D eigenvalue weighted by atomic mass is 10.1. The van der Waals surface area contributed by atoms with Crippen molar-refractivity contribution in [2.45, 2.75) is 26.4 Å². The van der Waals surface area contributed by atoms with E-state index in [1.807, 2.05) is 6.92 Å². The summed E-state index contributed by atoms with van der Waals surface area (Å²) < 4.78 is 18.5. The number of halogens is 1. The molecule has 1 atom stereocenters. The van der Waals surface area contributed by atoms with Crippen molar-refractivity contribution in [3.8, 4) is 5.75 Å². The molecule has 1 rings (SSSR count). The molecule has 0 unspecified atom stereocenters. The Balaban J connectivity index is 2.79. The van der Waals surface area contributed by atoms with Gasteiger partial charge in [0.1, 0.15) is 0 Å². The molecule has 3 heteroatoms. The highest BCUT2D eigenvalue weighted by molar-refractivity contribution is 5.30. The fourth-order valence-electron chi connectivity index (χ4n) is 1.11. The second-order valence-corrected chi connectivity index (χ2v) is 3.21. The molecule has 0 amide bonds. The van der Waals surface area contributed by atoms with Crippen LogP contribution in [0.15, 0.2) is 18.2 Å². The Labute approximate surface area is 83.3 Å². The number of rotatable bonds is 4. The van der Waals surface area contributed by atoms with Crippen molar-refractivity contribution < 1.29 is 14.2 Å². The van der Waals surface area contributed by atoms with Crippen molar-refractivity contribution in [3.63, 3.8) is 0 Å². The largest absolute Gasteiger partial charge is 0.491 e. The summed E-state index contributed by atoms with van der Waals surface area (Å²) in [6.07, 6.45) is 0.196. The van der Waals surface area contributed by atoms with Crippen LogP contribution in [0.4, 0.5) is 4.39 Å². The SMILES string of the molecule is CCCOc1ccc([C@@H](C)O)cc1F. The molecule has 0 aromatic heterocycles. The smallest absolute Gasteiger partial charge is 0.165 e. The molecule has 0 saturated heterocycles. The van der Waals surface area contributed by atoms with Gasteiger partial charge in [-0.25, -0.2) is 4.39 Å². The molecule has 0 aliphatic rings. The van der Waals surface area contributed by atoms with Crippen molar-refractivity contribution in [1.82, 2.24) is 0 Å². The minimum Gasteiger partial charge on any atom is -0.491 e. The summed E-state index contributed by atoms with van der Waals surface area (Å²) in [6.45, 7) is 4.06. The maximum atomic E-state index is 13.3. The van der Waals surface area contributed by atoms with Crippen LogP contribution < -0.4 is 4.74 Å². The van der Waals surface area contributed by atoms with Gasteiger partial charge in [-0.1, -0.05) is 13.0 Å². The first-order chi connectivity index (χ1) is 6.65. The average molecular weight is 198 g/mol. The van der Waals surface area contributed by atoms with E-state index in [4.69, 9.17) is 4.74 Å². The number of ether oxygens (including phenoxy) is 1. The van der Waals surface area contributed by atoms with Gasteiger partial charge in [0.2, 0.25) is 0 Å². The summed E-state index contributed by atoms with van der Waals surface area (Å²) in [7, 11) is 0. The third-order valence-corrected chi connectivity index (χ3v) is 1.90. The molecule has 0 aliphatic heterocycles. The van der Waals surface area contributed by atoms with Crippen LogP contribution in [-0.4, -0.2) is 11.7 Å². The highest BCUT2D eigenvalue weighted by atomic mass is 19.1. The van der Waals surface area contributed by atoms with Crippen LogP contribution in [0, 0.1) is 5.82 Å². The first-order valence-electron chi connectivity index (χ1n) is 4.75. The standard InChI is InChI=1S/C11H15FO2/c1-3-6-14-11-5-4-9(8(2)13)7-10(11)12/h4-5,7-8,13H,3,6H2,1-2H3/t8-/m1/s1. The summed E-state index contributed by atoms with van der Waals surface area (Å²) in [5, 5.41) is 9.21. The molecule has 1 aromatic carbocycles. The van der Waals surface area contributed by atoms with Crippen molar-refractivity contribution in [3.05, 3.63) is 29.6 Å². The molecule has 0 spiro atoms. The minimum absolute atomic E-state index is 0.247. The monoisotopic (exact) mass is 198 g/mol. The highest BCUT2D eigenvalue weighted by Crippen LogP contribution is 2.21. The summed E-state index contributed by atoms with van der Waals surface area (Å²) in [4.78, 5) is 0. The van der Waals surface area contributed by atoms with Crippen LogP contribution in [0.5, 0.6) is 5.75 Å². The Kier molecular flexibility index (Phi) is 3.89. The summed E-state index contributed by atoms with van der Waals surface area (Å²) in [6, 6.07) is 4.52. The molecule has 0 radical (unpaired) electrons. The first-order valence-corrected chi connectivity index (χ1v) is 4.75. The number of hydrogen-bond donors (Lipinski definition) is 1. The Morgan fingerprint density at radius 3 is 2.71 bits per heavy atom. The predicted octanol–water partition coefficient (Wildman–Crippen LogP) is 2.67. The minimum atomic E-state index is -0.648. The molecule has 0 saturated carbocycles. The normalized spacial score (nSPS) is 12.6. The summed E-state index contributed by atoms with van der Waals surface area (Å²) >= 11 is 0. The fraction of sp³-hybridized carbons (Fsp3) is 0.455.